The Hall–Kier alpha value is -1.89. The molecular formula is C15H21N3O3S. The number of sulfonamides is 1. The number of amidine groups is 1. The normalized spacial score (nSPS) is 18.8. The lowest BCUT2D eigenvalue weighted by molar-refractivity contribution is -0.122. The number of fused-ring (bicyclic) bond motifs is 1. The number of rotatable bonds is 5. The van der Waals surface area contributed by atoms with E-state index in [4.69, 9.17) is 0 Å². The SMILES string of the molecule is CCC(CC)NC(=O)C(C)N=C1NS(=O)(=O)c2ccccc21. The standard InChI is InChI=1S/C15H21N3O3S/c1-4-11(5-2)17-15(19)10(3)16-14-12-8-6-7-9-13(12)22(20,21)18-14/h6-11H,4-5H2,1-3H3,(H,16,18)(H,17,19). The number of carbonyl (C=O) groups is 1. The summed E-state index contributed by atoms with van der Waals surface area (Å²) < 4.78 is 26.4. The molecule has 0 aliphatic carbocycles. The lowest BCUT2D eigenvalue weighted by Gasteiger charge is -2.16. The van der Waals surface area contributed by atoms with Gasteiger partial charge in [0.25, 0.3) is 10.0 Å². The highest BCUT2D eigenvalue weighted by molar-refractivity contribution is 7.90. The summed E-state index contributed by atoms with van der Waals surface area (Å²) in [5.74, 6) is 0.0209. The molecule has 2 rings (SSSR count). The second-order valence-electron chi connectivity index (χ2n) is 5.28. The summed E-state index contributed by atoms with van der Waals surface area (Å²) in [4.78, 5) is 16.6. The monoisotopic (exact) mass is 323 g/mol. The first kappa shape index (κ1) is 16.5. The average molecular weight is 323 g/mol. The molecule has 1 unspecified atom stereocenters. The molecule has 22 heavy (non-hydrogen) atoms. The van der Waals surface area contributed by atoms with Crippen LogP contribution in [-0.4, -0.2) is 32.2 Å². The average Bonchev–Trinajstić information content (AvgIpc) is 2.76. The molecule has 120 valence electrons. The Labute approximate surface area is 131 Å². The summed E-state index contributed by atoms with van der Waals surface area (Å²) in [5.41, 5.74) is 0.504. The minimum absolute atomic E-state index is 0.114. The number of nitrogens with one attached hydrogen (secondary N) is 2. The van der Waals surface area contributed by atoms with E-state index in [-0.39, 0.29) is 22.7 Å². The zero-order valence-corrected chi connectivity index (χ0v) is 13.8. The minimum Gasteiger partial charge on any atom is -0.352 e. The highest BCUT2D eigenvalue weighted by Gasteiger charge is 2.31. The maximum absolute atomic E-state index is 12.1. The Balaban J connectivity index is 2.22. The van der Waals surface area contributed by atoms with Gasteiger partial charge in [0.1, 0.15) is 11.9 Å². The van der Waals surface area contributed by atoms with Crippen LogP contribution in [0, 0.1) is 0 Å². The predicted octanol–water partition coefficient (Wildman–Crippen LogP) is 1.42. The third-order valence-corrected chi connectivity index (χ3v) is 5.09. The van der Waals surface area contributed by atoms with Crippen molar-refractivity contribution in [2.45, 2.75) is 50.6 Å². The molecule has 0 bridgehead atoms. The molecule has 1 heterocycles. The predicted molar refractivity (Wildman–Crippen MR) is 85.3 cm³/mol. The topological polar surface area (TPSA) is 87.6 Å². The molecule has 1 amide bonds. The lowest BCUT2D eigenvalue weighted by atomic mass is 10.1. The van der Waals surface area contributed by atoms with Crippen LogP contribution in [0.3, 0.4) is 0 Å². The van der Waals surface area contributed by atoms with Gasteiger partial charge >= 0.3 is 0 Å². The highest BCUT2D eigenvalue weighted by atomic mass is 32.2. The van der Waals surface area contributed by atoms with Gasteiger partial charge in [0.05, 0.1) is 4.90 Å². The molecule has 1 aromatic carbocycles. The van der Waals surface area contributed by atoms with Crippen LogP contribution >= 0.6 is 0 Å². The van der Waals surface area contributed by atoms with Gasteiger partial charge in [-0.25, -0.2) is 8.42 Å². The van der Waals surface area contributed by atoms with Crippen molar-refractivity contribution in [3.05, 3.63) is 29.8 Å². The largest absolute Gasteiger partial charge is 0.352 e. The molecule has 1 atom stereocenters. The van der Waals surface area contributed by atoms with Crippen LogP contribution < -0.4 is 10.0 Å². The van der Waals surface area contributed by atoms with Gasteiger partial charge in [-0.2, -0.15) is 0 Å². The van der Waals surface area contributed by atoms with Gasteiger partial charge in [-0.3, -0.25) is 14.5 Å². The quantitative estimate of drug-likeness (QED) is 0.859. The van der Waals surface area contributed by atoms with E-state index in [0.29, 0.717) is 5.56 Å². The van der Waals surface area contributed by atoms with Crippen molar-refractivity contribution in [2.75, 3.05) is 0 Å². The molecule has 0 saturated heterocycles. The molecule has 6 nitrogen and oxygen atoms in total. The zero-order valence-electron chi connectivity index (χ0n) is 13.0. The van der Waals surface area contributed by atoms with Gasteiger partial charge in [0, 0.05) is 11.6 Å². The molecule has 7 heteroatoms. The van der Waals surface area contributed by atoms with E-state index < -0.39 is 16.1 Å². The summed E-state index contributed by atoms with van der Waals surface area (Å²) in [6.45, 7) is 5.67. The van der Waals surface area contributed by atoms with Crippen molar-refractivity contribution in [3.63, 3.8) is 0 Å². The van der Waals surface area contributed by atoms with Gasteiger partial charge in [0.2, 0.25) is 5.91 Å². The molecule has 0 saturated carbocycles. The third kappa shape index (κ3) is 3.30. The summed E-state index contributed by atoms with van der Waals surface area (Å²) in [6.07, 6.45) is 1.70. The molecule has 1 aromatic rings. The summed E-state index contributed by atoms with van der Waals surface area (Å²) in [7, 11) is -3.57. The van der Waals surface area contributed by atoms with Gasteiger partial charge in [-0.05, 0) is 31.9 Å². The second-order valence-corrected chi connectivity index (χ2v) is 6.93. The van der Waals surface area contributed by atoms with Crippen molar-refractivity contribution in [3.8, 4) is 0 Å². The zero-order chi connectivity index (χ0) is 16.3. The van der Waals surface area contributed by atoms with E-state index in [2.05, 4.69) is 15.0 Å². The third-order valence-electron chi connectivity index (χ3n) is 3.70. The van der Waals surface area contributed by atoms with Crippen molar-refractivity contribution in [1.82, 2.24) is 10.0 Å². The van der Waals surface area contributed by atoms with Crippen LogP contribution in [0.2, 0.25) is 0 Å². The molecular weight excluding hydrogens is 302 g/mol. The first-order valence-electron chi connectivity index (χ1n) is 7.39. The highest BCUT2D eigenvalue weighted by Crippen LogP contribution is 2.22. The first-order chi connectivity index (χ1) is 10.4. The van der Waals surface area contributed by atoms with E-state index in [1.54, 1.807) is 25.1 Å². The van der Waals surface area contributed by atoms with E-state index in [0.717, 1.165) is 12.8 Å². The second kappa shape index (κ2) is 6.48. The van der Waals surface area contributed by atoms with Crippen molar-refractivity contribution >= 4 is 21.8 Å². The Morgan fingerprint density at radius 2 is 1.91 bits per heavy atom. The summed E-state index contributed by atoms with van der Waals surface area (Å²) >= 11 is 0. The fraction of sp³-hybridized carbons (Fsp3) is 0.467. The number of benzene rings is 1. The minimum atomic E-state index is -3.57. The van der Waals surface area contributed by atoms with Gasteiger partial charge < -0.3 is 5.32 Å². The van der Waals surface area contributed by atoms with Crippen molar-refractivity contribution in [1.29, 1.82) is 0 Å². The van der Waals surface area contributed by atoms with Gasteiger partial charge in [-0.1, -0.05) is 26.0 Å². The number of hydrogen-bond acceptors (Lipinski definition) is 4. The number of nitrogens with zero attached hydrogens (tertiary/aromatic N) is 1. The van der Waals surface area contributed by atoms with Crippen molar-refractivity contribution < 1.29 is 13.2 Å². The van der Waals surface area contributed by atoms with Crippen LogP contribution in [0.25, 0.3) is 0 Å². The number of amides is 1. The molecule has 0 spiro atoms. The number of aliphatic imine (C=N–C) groups is 1. The summed E-state index contributed by atoms with van der Waals surface area (Å²) in [5, 5.41) is 2.91. The van der Waals surface area contributed by atoms with Gasteiger partial charge in [-0.15, -0.1) is 0 Å². The Morgan fingerprint density at radius 3 is 2.55 bits per heavy atom. The Morgan fingerprint density at radius 1 is 1.27 bits per heavy atom. The molecule has 0 radical (unpaired) electrons. The van der Waals surface area contributed by atoms with E-state index in [1.807, 2.05) is 13.8 Å². The van der Waals surface area contributed by atoms with Gasteiger partial charge in [0.15, 0.2) is 0 Å². The van der Waals surface area contributed by atoms with E-state index >= 15 is 0 Å². The lowest BCUT2D eigenvalue weighted by Crippen LogP contribution is -2.40. The van der Waals surface area contributed by atoms with Crippen LogP contribution in [0.1, 0.15) is 39.2 Å². The molecule has 1 aliphatic rings. The molecule has 2 N–H and O–H groups in total. The fourth-order valence-electron chi connectivity index (χ4n) is 2.30. The number of hydrogen-bond donors (Lipinski definition) is 2. The Kier molecular flexibility index (Phi) is 4.85. The maximum Gasteiger partial charge on any atom is 0.263 e. The smallest absolute Gasteiger partial charge is 0.263 e. The number of carbonyl (C=O) groups excluding carboxylic acids is 1. The molecule has 0 aromatic heterocycles. The van der Waals surface area contributed by atoms with E-state index in [9.17, 15) is 13.2 Å². The molecule has 1 aliphatic heterocycles. The first-order valence-corrected chi connectivity index (χ1v) is 8.87. The van der Waals surface area contributed by atoms with Crippen LogP contribution in [0.4, 0.5) is 0 Å². The van der Waals surface area contributed by atoms with Crippen LogP contribution in [0.5, 0.6) is 0 Å². The molecule has 0 fully saturated rings. The summed E-state index contributed by atoms with van der Waals surface area (Å²) in [6, 6.07) is 6.05. The van der Waals surface area contributed by atoms with Crippen LogP contribution in [-0.2, 0) is 14.8 Å². The van der Waals surface area contributed by atoms with Crippen LogP contribution in [0.15, 0.2) is 34.2 Å². The van der Waals surface area contributed by atoms with E-state index in [1.165, 1.54) is 6.07 Å². The fourth-order valence-corrected chi connectivity index (χ4v) is 3.54. The Bertz CT molecular complexity index is 694. The maximum atomic E-state index is 12.1. The van der Waals surface area contributed by atoms with Crippen molar-refractivity contribution in [2.24, 2.45) is 4.99 Å².